The van der Waals surface area contributed by atoms with Gasteiger partial charge in [0.2, 0.25) is 0 Å². The monoisotopic (exact) mass is 276 g/mol. The Labute approximate surface area is 116 Å². The molecule has 1 N–H and O–H groups in total. The maximum absolute atomic E-state index is 10.7. The van der Waals surface area contributed by atoms with E-state index in [1.807, 2.05) is 6.07 Å². The van der Waals surface area contributed by atoms with Crippen LogP contribution in [0.5, 0.6) is 0 Å². The third-order valence-corrected chi connectivity index (χ3v) is 4.12. The van der Waals surface area contributed by atoms with E-state index in [2.05, 4.69) is 25.2 Å². The molecular weight excluding hydrogens is 260 g/mol. The van der Waals surface area contributed by atoms with Crippen LogP contribution in [0.2, 0.25) is 0 Å². The van der Waals surface area contributed by atoms with E-state index in [-0.39, 0.29) is 10.6 Å². The van der Waals surface area contributed by atoms with Gasteiger partial charge in [-0.15, -0.1) is 11.3 Å². The maximum Gasteiger partial charge on any atom is 0.269 e. The molecule has 0 unspecified atom stereocenters. The van der Waals surface area contributed by atoms with Gasteiger partial charge in [-0.3, -0.25) is 10.1 Å². The number of nitro groups is 1. The summed E-state index contributed by atoms with van der Waals surface area (Å²) in [6.07, 6.45) is 0. The quantitative estimate of drug-likeness (QED) is 0.671. The van der Waals surface area contributed by atoms with Crippen molar-refractivity contribution in [2.45, 2.75) is 26.9 Å². The van der Waals surface area contributed by atoms with Gasteiger partial charge in [0.1, 0.15) is 0 Å². The van der Waals surface area contributed by atoms with Crippen molar-refractivity contribution in [1.82, 2.24) is 5.32 Å². The molecule has 4 nitrogen and oxygen atoms in total. The molecule has 0 spiro atoms. The fourth-order valence-electron chi connectivity index (χ4n) is 1.85. The van der Waals surface area contributed by atoms with Crippen LogP contribution in [0.25, 0.3) is 0 Å². The van der Waals surface area contributed by atoms with Crippen molar-refractivity contribution < 1.29 is 4.92 Å². The van der Waals surface area contributed by atoms with E-state index < -0.39 is 0 Å². The average Bonchev–Trinajstić information content (AvgIpc) is 2.69. The number of benzene rings is 1. The Bertz CT molecular complexity index is 573. The summed E-state index contributed by atoms with van der Waals surface area (Å²) >= 11 is 1.79. The molecule has 1 aromatic carbocycles. The molecule has 1 aromatic heterocycles. The molecule has 2 aromatic rings. The van der Waals surface area contributed by atoms with E-state index in [0.29, 0.717) is 6.54 Å². The summed E-state index contributed by atoms with van der Waals surface area (Å²) in [5.74, 6) is 0. The van der Waals surface area contributed by atoms with Gasteiger partial charge in [0.25, 0.3) is 5.69 Å². The van der Waals surface area contributed by atoms with E-state index in [0.717, 1.165) is 12.1 Å². The number of thiophene rings is 1. The Kier molecular flexibility index (Phi) is 4.29. The molecule has 0 bridgehead atoms. The molecule has 0 radical (unpaired) electrons. The van der Waals surface area contributed by atoms with E-state index >= 15 is 0 Å². The fraction of sp³-hybridized carbons (Fsp3) is 0.286. The highest BCUT2D eigenvalue weighted by molar-refractivity contribution is 7.12. The minimum Gasteiger partial charge on any atom is -0.308 e. The molecule has 19 heavy (non-hydrogen) atoms. The highest BCUT2D eigenvalue weighted by atomic mass is 32.1. The number of nitrogens with zero attached hydrogens (tertiary/aromatic N) is 1. The van der Waals surface area contributed by atoms with Gasteiger partial charge < -0.3 is 5.32 Å². The van der Waals surface area contributed by atoms with Crippen molar-refractivity contribution in [2.75, 3.05) is 0 Å². The molecule has 0 atom stereocenters. The van der Waals surface area contributed by atoms with Crippen LogP contribution in [-0.2, 0) is 13.1 Å². The van der Waals surface area contributed by atoms with Gasteiger partial charge in [-0.05, 0) is 31.0 Å². The third-order valence-electron chi connectivity index (χ3n) is 2.97. The van der Waals surface area contributed by atoms with Gasteiger partial charge in [0.15, 0.2) is 0 Å². The number of hydrogen-bond acceptors (Lipinski definition) is 4. The summed E-state index contributed by atoms with van der Waals surface area (Å²) in [5, 5.41) is 14.0. The first-order valence-corrected chi connectivity index (χ1v) is 6.88. The van der Waals surface area contributed by atoms with Crippen molar-refractivity contribution in [3.8, 4) is 0 Å². The molecule has 0 aliphatic carbocycles. The van der Waals surface area contributed by atoms with Crippen molar-refractivity contribution in [1.29, 1.82) is 0 Å². The van der Waals surface area contributed by atoms with Crippen LogP contribution in [0.4, 0.5) is 5.69 Å². The Morgan fingerprint density at radius 3 is 2.68 bits per heavy atom. The molecule has 0 aliphatic heterocycles. The molecule has 0 aliphatic rings. The summed E-state index contributed by atoms with van der Waals surface area (Å²) in [6.45, 7) is 5.65. The zero-order chi connectivity index (χ0) is 13.8. The van der Waals surface area contributed by atoms with Crippen LogP contribution in [0.1, 0.15) is 20.9 Å². The van der Waals surface area contributed by atoms with E-state index in [4.69, 9.17) is 0 Å². The van der Waals surface area contributed by atoms with E-state index in [1.54, 1.807) is 23.5 Å². The number of nitro benzene ring substituents is 1. The van der Waals surface area contributed by atoms with Crippen LogP contribution in [0.15, 0.2) is 30.3 Å². The second kappa shape index (κ2) is 5.95. The second-order valence-corrected chi connectivity index (χ2v) is 5.82. The predicted molar refractivity (Wildman–Crippen MR) is 77.4 cm³/mol. The highest BCUT2D eigenvalue weighted by Crippen LogP contribution is 2.20. The molecule has 0 saturated carbocycles. The zero-order valence-electron chi connectivity index (χ0n) is 11.0. The Morgan fingerprint density at radius 2 is 2.05 bits per heavy atom. The summed E-state index contributed by atoms with van der Waals surface area (Å²) in [5.41, 5.74) is 2.39. The largest absolute Gasteiger partial charge is 0.308 e. The van der Waals surface area contributed by atoms with Crippen LogP contribution >= 0.6 is 11.3 Å². The van der Waals surface area contributed by atoms with Crippen molar-refractivity contribution in [3.05, 3.63) is 61.3 Å². The summed E-state index contributed by atoms with van der Waals surface area (Å²) in [7, 11) is 0. The molecule has 0 fully saturated rings. The summed E-state index contributed by atoms with van der Waals surface area (Å²) in [6, 6.07) is 8.91. The Hall–Kier alpha value is -1.72. The highest BCUT2D eigenvalue weighted by Gasteiger charge is 2.05. The first kappa shape index (κ1) is 13.7. The number of non-ortho nitro benzene ring substituents is 1. The van der Waals surface area contributed by atoms with Crippen LogP contribution in [0.3, 0.4) is 0 Å². The molecule has 0 amide bonds. The summed E-state index contributed by atoms with van der Waals surface area (Å²) in [4.78, 5) is 12.9. The lowest BCUT2D eigenvalue weighted by molar-refractivity contribution is -0.384. The Balaban J connectivity index is 1.92. The van der Waals surface area contributed by atoms with Gasteiger partial charge in [-0.1, -0.05) is 12.1 Å². The smallest absolute Gasteiger partial charge is 0.269 e. The predicted octanol–water partition coefficient (Wildman–Crippen LogP) is 3.56. The van der Waals surface area contributed by atoms with Crippen LogP contribution < -0.4 is 5.32 Å². The molecule has 100 valence electrons. The minimum absolute atomic E-state index is 0.141. The lowest BCUT2D eigenvalue weighted by Crippen LogP contribution is -2.11. The number of rotatable bonds is 5. The number of nitrogens with one attached hydrogen (secondary N) is 1. The zero-order valence-corrected chi connectivity index (χ0v) is 11.8. The lowest BCUT2D eigenvalue weighted by atomic mass is 10.2. The number of aryl methyl sites for hydroxylation is 2. The second-order valence-electron chi connectivity index (χ2n) is 4.48. The fourth-order valence-corrected chi connectivity index (χ4v) is 2.87. The molecule has 2 rings (SSSR count). The third kappa shape index (κ3) is 3.62. The average molecular weight is 276 g/mol. The van der Waals surface area contributed by atoms with Gasteiger partial charge in [0, 0.05) is 35.0 Å². The van der Waals surface area contributed by atoms with Gasteiger partial charge in [-0.2, -0.15) is 0 Å². The molecular formula is C14H16N2O2S. The first-order chi connectivity index (χ1) is 9.06. The minimum atomic E-state index is -0.366. The van der Waals surface area contributed by atoms with Crippen molar-refractivity contribution in [2.24, 2.45) is 0 Å². The van der Waals surface area contributed by atoms with Gasteiger partial charge in [-0.25, -0.2) is 0 Å². The van der Waals surface area contributed by atoms with E-state index in [1.165, 1.54) is 21.4 Å². The van der Waals surface area contributed by atoms with Crippen molar-refractivity contribution in [3.63, 3.8) is 0 Å². The van der Waals surface area contributed by atoms with Gasteiger partial charge in [0.05, 0.1) is 4.92 Å². The molecule has 5 heteroatoms. The van der Waals surface area contributed by atoms with Crippen molar-refractivity contribution >= 4 is 17.0 Å². The standard InChI is InChI=1S/C14H16N2O2S/c1-10-6-14(19-11(10)2)9-15-8-12-4-3-5-13(7-12)16(17)18/h3-7,15H,8-9H2,1-2H3. The van der Waals surface area contributed by atoms with Crippen LogP contribution in [-0.4, -0.2) is 4.92 Å². The normalized spacial score (nSPS) is 10.6. The van der Waals surface area contributed by atoms with Crippen LogP contribution in [0, 0.1) is 24.0 Å². The first-order valence-electron chi connectivity index (χ1n) is 6.06. The maximum atomic E-state index is 10.7. The van der Waals surface area contributed by atoms with Gasteiger partial charge >= 0.3 is 0 Å². The SMILES string of the molecule is Cc1cc(CNCc2cccc([N+](=O)[O-])c2)sc1C. The molecule has 1 heterocycles. The van der Waals surface area contributed by atoms with E-state index in [9.17, 15) is 10.1 Å². The molecule has 0 saturated heterocycles. The number of hydrogen-bond donors (Lipinski definition) is 1. The Morgan fingerprint density at radius 1 is 1.26 bits per heavy atom. The lowest BCUT2D eigenvalue weighted by Gasteiger charge is -2.03. The summed E-state index contributed by atoms with van der Waals surface area (Å²) < 4.78 is 0. The topological polar surface area (TPSA) is 55.2 Å².